The maximum Gasteiger partial charge on any atom is 0.295 e. The maximum absolute atomic E-state index is 13.0. The number of anilines is 1. The monoisotopic (exact) mass is 474 g/mol. The average molecular weight is 475 g/mol. The molecule has 0 radical (unpaired) electrons. The zero-order valence-corrected chi connectivity index (χ0v) is 19.5. The summed E-state index contributed by atoms with van der Waals surface area (Å²) in [4.78, 5) is 17.7. The molecule has 5 nitrogen and oxygen atoms in total. The lowest BCUT2D eigenvalue weighted by Gasteiger charge is -2.11. The first-order chi connectivity index (χ1) is 14.8. The molecule has 31 heavy (non-hydrogen) atoms. The minimum Gasteiger partial charge on any atom is -0.319 e. The molecule has 0 fully saturated rings. The maximum atomic E-state index is 13.0. The second-order valence-corrected chi connectivity index (χ2v) is 8.59. The van der Waals surface area contributed by atoms with E-state index in [1.807, 2.05) is 68.4 Å². The second kappa shape index (κ2) is 8.47. The molecule has 0 aliphatic rings. The lowest BCUT2D eigenvalue weighted by molar-refractivity contribution is 0.101. The molecule has 1 amide bonds. The first kappa shape index (κ1) is 21.0. The van der Waals surface area contributed by atoms with E-state index in [-0.39, 0.29) is 11.7 Å². The molecule has 0 saturated heterocycles. The third-order valence-electron chi connectivity index (χ3n) is 5.33. The van der Waals surface area contributed by atoms with Gasteiger partial charge in [-0.2, -0.15) is 0 Å². The van der Waals surface area contributed by atoms with Crippen molar-refractivity contribution >= 4 is 27.5 Å². The summed E-state index contributed by atoms with van der Waals surface area (Å²) < 4.78 is 2.72. The largest absolute Gasteiger partial charge is 0.319 e. The molecule has 4 rings (SSSR count). The number of nitrogens with zero attached hydrogens (tertiary/aromatic N) is 3. The Hall–Kier alpha value is -3.25. The molecule has 4 aromatic rings. The lowest BCUT2D eigenvalue weighted by atomic mass is 10.1. The van der Waals surface area contributed by atoms with Crippen molar-refractivity contribution in [3.05, 3.63) is 93.2 Å². The molecule has 0 spiro atoms. The highest BCUT2D eigenvalue weighted by atomic mass is 79.9. The molecule has 1 aromatic heterocycles. The van der Waals surface area contributed by atoms with Gasteiger partial charge in [-0.25, -0.2) is 9.67 Å². The fourth-order valence-corrected chi connectivity index (χ4v) is 3.93. The first-order valence-electron chi connectivity index (χ1n) is 10.0. The smallest absolute Gasteiger partial charge is 0.295 e. The van der Waals surface area contributed by atoms with E-state index in [0.29, 0.717) is 5.82 Å². The Labute approximate surface area is 190 Å². The van der Waals surface area contributed by atoms with Crippen molar-refractivity contribution in [3.63, 3.8) is 0 Å². The fourth-order valence-electron chi connectivity index (χ4n) is 3.46. The molecule has 3 aromatic carbocycles. The average Bonchev–Trinajstić information content (AvgIpc) is 3.17. The van der Waals surface area contributed by atoms with Crippen molar-refractivity contribution in [1.29, 1.82) is 0 Å². The number of nitrogens with one attached hydrogen (secondary N) is 1. The van der Waals surface area contributed by atoms with Crippen LogP contribution in [0.3, 0.4) is 0 Å². The van der Waals surface area contributed by atoms with Crippen molar-refractivity contribution in [3.8, 4) is 17.1 Å². The topological polar surface area (TPSA) is 59.8 Å². The van der Waals surface area contributed by atoms with Gasteiger partial charge in [-0.15, -0.1) is 5.10 Å². The van der Waals surface area contributed by atoms with Gasteiger partial charge in [0.25, 0.3) is 5.91 Å². The third kappa shape index (κ3) is 4.30. The van der Waals surface area contributed by atoms with Gasteiger partial charge in [-0.05, 0) is 74.7 Å². The summed E-state index contributed by atoms with van der Waals surface area (Å²) in [7, 11) is 0. The Balaban J connectivity index is 1.81. The van der Waals surface area contributed by atoms with Crippen LogP contribution in [0.4, 0.5) is 5.69 Å². The summed E-state index contributed by atoms with van der Waals surface area (Å²) >= 11 is 3.45. The molecule has 0 saturated carbocycles. The van der Waals surface area contributed by atoms with Crippen LogP contribution < -0.4 is 5.32 Å². The van der Waals surface area contributed by atoms with Gasteiger partial charge in [0.05, 0.1) is 5.69 Å². The number of aryl methyl sites for hydroxylation is 3. The van der Waals surface area contributed by atoms with E-state index in [0.717, 1.165) is 43.7 Å². The predicted octanol–water partition coefficient (Wildman–Crippen LogP) is 6.18. The number of aromatic nitrogens is 3. The lowest BCUT2D eigenvalue weighted by Crippen LogP contribution is -2.15. The number of carbonyl (C=O) groups excluding carboxylic acids is 1. The molecular weight excluding hydrogens is 452 g/mol. The van der Waals surface area contributed by atoms with E-state index >= 15 is 0 Å². The molecule has 6 heteroatoms. The summed E-state index contributed by atoms with van der Waals surface area (Å²) in [5.74, 6) is 0.415. The van der Waals surface area contributed by atoms with Crippen LogP contribution in [0.2, 0.25) is 0 Å². The standard InChI is InChI=1S/C25H23BrN4O/c1-15-7-5-9-19(13-15)24-28-23(25(31)27-21-12-11-20(26)14-17(21)3)29-30(24)22-10-6-8-16(2)18(22)4/h5-14H,1-4H3,(H,27,31). The van der Waals surface area contributed by atoms with Gasteiger partial charge in [0.2, 0.25) is 5.82 Å². The molecule has 1 N–H and O–H groups in total. The number of hydrogen-bond donors (Lipinski definition) is 1. The summed E-state index contributed by atoms with van der Waals surface area (Å²) in [5.41, 5.74) is 6.86. The molecule has 0 aliphatic heterocycles. The van der Waals surface area contributed by atoms with Crippen molar-refractivity contribution in [2.24, 2.45) is 0 Å². The van der Waals surface area contributed by atoms with E-state index in [1.54, 1.807) is 4.68 Å². The molecule has 0 unspecified atom stereocenters. The number of rotatable bonds is 4. The fraction of sp³-hybridized carbons (Fsp3) is 0.160. The molecular formula is C25H23BrN4O. The van der Waals surface area contributed by atoms with Gasteiger partial charge in [0.1, 0.15) is 0 Å². The van der Waals surface area contributed by atoms with E-state index in [4.69, 9.17) is 0 Å². The second-order valence-electron chi connectivity index (χ2n) is 7.67. The minimum atomic E-state index is -0.344. The summed E-state index contributed by atoms with van der Waals surface area (Å²) in [5, 5.41) is 7.55. The normalized spacial score (nSPS) is 10.9. The Morgan fingerprint density at radius 2 is 1.71 bits per heavy atom. The van der Waals surface area contributed by atoms with Crippen LogP contribution in [0.25, 0.3) is 17.1 Å². The molecule has 0 atom stereocenters. The summed E-state index contributed by atoms with van der Waals surface area (Å²) in [6, 6.07) is 19.8. The highest BCUT2D eigenvalue weighted by Gasteiger charge is 2.20. The Kier molecular flexibility index (Phi) is 5.74. The van der Waals surface area contributed by atoms with Gasteiger partial charge in [-0.1, -0.05) is 51.8 Å². The van der Waals surface area contributed by atoms with Gasteiger partial charge in [-0.3, -0.25) is 4.79 Å². The number of amides is 1. The number of carbonyl (C=O) groups is 1. The van der Waals surface area contributed by atoms with Crippen LogP contribution in [0.5, 0.6) is 0 Å². The predicted molar refractivity (Wildman–Crippen MR) is 128 cm³/mol. The Morgan fingerprint density at radius 1 is 0.935 bits per heavy atom. The summed E-state index contributed by atoms with van der Waals surface area (Å²) in [6.45, 7) is 8.09. The van der Waals surface area contributed by atoms with Crippen LogP contribution in [-0.4, -0.2) is 20.7 Å². The van der Waals surface area contributed by atoms with Gasteiger partial charge in [0.15, 0.2) is 5.82 Å². The zero-order valence-electron chi connectivity index (χ0n) is 17.9. The SMILES string of the molecule is Cc1cccc(-c2nc(C(=O)Nc3ccc(Br)cc3C)nn2-c2cccc(C)c2C)c1. The third-order valence-corrected chi connectivity index (χ3v) is 5.82. The van der Waals surface area contributed by atoms with Crippen molar-refractivity contribution in [1.82, 2.24) is 14.8 Å². The number of benzene rings is 3. The molecule has 0 aliphatic carbocycles. The van der Waals surface area contributed by atoms with Gasteiger partial charge in [0, 0.05) is 15.7 Å². The Bertz CT molecular complexity index is 1290. The van der Waals surface area contributed by atoms with Gasteiger partial charge >= 0.3 is 0 Å². The van der Waals surface area contributed by atoms with Crippen molar-refractivity contribution in [2.75, 3.05) is 5.32 Å². The van der Waals surface area contributed by atoms with Crippen LogP contribution in [-0.2, 0) is 0 Å². The molecule has 1 heterocycles. The van der Waals surface area contributed by atoms with E-state index in [2.05, 4.69) is 51.2 Å². The quantitative estimate of drug-likeness (QED) is 0.383. The van der Waals surface area contributed by atoms with E-state index < -0.39 is 0 Å². The van der Waals surface area contributed by atoms with Crippen LogP contribution in [0.15, 0.2) is 65.1 Å². The summed E-state index contributed by atoms with van der Waals surface area (Å²) in [6.07, 6.45) is 0. The van der Waals surface area contributed by atoms with Crippen molar-refractivity contribution in [2.45, 2.75) is 27.7 Å². The van der Waals surface area contributed by atoms with Crippen molar-refractivity contribution < 1.29 is 4.79 Å². The van der Waals surface area contributed by atoms with E-state index in [9.17, 15) is 4.79 Å². The minimum absolute atomic E-state index is 0.125. The van der Waals surface area contributed by atoms with E-state index in [1.165, 1.54) is 0 Å². The highest BCUT2D eigenvalue weighted by Crippen LogP contribution is 2.26. The number of halogens is 1. The number of hydrogen-bond acceptors (Lipinski definition) is 3. The Morgan fingerprint density at radius 3 is 2.45 bits per heavy atom. The molecule has 0 bridgehead atoms. The molecule has 156 valence electrons. The van der Waals surface area contributed by atoms with Crippen LogP contribution in [0.1, 0.15) is 32.9 Å². The van der Waals surface area contributed by atoms with Crippen LogP contribution in [0, 0.1) is 27.7 Å². The van der Waals surface area contributed by atoms with Crippen LogP contribution >= 0.6 is 15.9 Å². The van der Waals surface area contributed by atoms with Gasteiger partial charge < -0.3 is 5.32 Å². The highest BCUT2D eigenvalue weighted by molar-refractivity contribution is 9.10. The first-order valence-corrected chi connectivity index (χ1v) is 10.8. The zero-order chi connectivity index (χ0) is 22.1.